The second kappa shape index (κ2) is 10.9. The summed E-state index contributed by atoms with van der Waals surface area (Å²) < 4.78 is 5.90. The Hall–Kier alpha value is -3.71. The molecular formula is C27H26N2O4S. The van der Waals surface area contributed by atoms with E-state index in [1.54, 1.807) is 17.7 Å². The largest absolute Gasteiger partial charge is 0.503 e. The number of aromatic nitrogens is 1. The van der Waals surface area contributed by atoms with E-state index in [1.165, 1.54) is 22.3 Å². The van der Waals surface area contributed by atoms with Crippen LogP contribution in [0.5, 0.6) is 5.75 Å². The highest BCUT2D eigenvalue weighted by atomic mass is 32.1. The van der Waals surface area contributed by atoms with Crippen molar-refractivity contribution in [2.45, 2.75) is 32.2 Å². The standard InChI is InChI=1S/C27H26N2O4S/c1-2-3-7-16-33-21-12-8-11-20(18-21)24-23(22(30)14-13-19-9-5-4-6-10-19)25(31)26(32)29(24)27-28-15-17-34-27/h4-6,8-15,17-18,24,31H,2-3,7,16H2,1H3. The minimum absolute atomic E-state index is 0.0236. The number of carbonyl (C=O) groups is 2. The molecule has 0 aliphatic carbocycles. The van der Waals surface area contributed by atoms with Gasteiger partial charge in [-0.3, -0.25) is 14.5 Å². The van der Waals surface area contributed by atoms with Crippen LogP contribution in [0, 0.1) is 0 Å². The topological polar surface area (TPSA) is 79.7 Å². The van der Waals surface area contributed by atoms with Gasteiger partial charge in [-0.1, -0.05) is 68.3 Å². The summed E-state index contributed by atoms with van der Waals surface area (Å²) in [7, 11) is 0. The van der Waals surface area contributed by atoms with Gasteiger partial charge in [-0.05, 0) is 35.8 Å². The number of aliphatic hydroxyl groups excluding tert-OH is 1. The van der Waals surface area contributed by atoms with Crippen LogP contribution in [-0.4, -0.2) is 28.4 Å². The van der Waals surface area contributed by atoms with Crippen molar-refractivity contribution in [1.82, 2.24) is 4.98 Å². The molecule has 3 aromatic rings. The zero-order valence-electron chi connectivity index (χ0n) is 18.9. The van der Waals surface area contributed by atoms with Crippen molar-refractivity contribution >= 4 is 34.2 Å². The van der Waals surface area contributed by atoms with Crippen molar-refractivity contribution in [3.8, 4) is 5.75 Å². The number of hydrogen-bond donors (Lipinski definition) is 1. The lowest BCUT2D eigenvalue weighted by Gasteiger charge is -2.24. The van der Waals surface area contributed by atoms with Crippen LogP contribution in [0.2, 0.25) is 0 Å². The maximum absolute atomic E-state index is 13.3. The average molecular weight is 475 g/mol. The highest BCUT2D eigenvalue weighted by Crippen LogP contribution is 2.42. The molecule has 0 radical (unpaired) electrons. The van der Waals surface area contributed by atoms with Crippen LogP contribution in [0.4, 0.5) is 5.13 Å². The van der Waals surface area contributed by atoms with Gasteiger partial charge >= 0.3 is 0 Å². The molecule has 1 aliphatic rings. The lowest BCUT2D eigenvalue weighted by atomic mass is 9.95. The molecule has 1 aliphatic heterocycles. The Labute approximate surface area is 202 Å². The molecule has 7 heteroatoms. The molecule has 1 N–H and O–H groups in total. The van der Waals surface area contributed by atoms with E-state index >= 15 is 0 Å². The molecule has 2 aromatic carbocycles. The van der Waals surface area contributed by atoms with Crippen molar-refractivity contribution in [2.75, 3.05) is 11.5 Å². The van der Waals surface area contributed by atoms with E-state index < -0.39 is 23.5 Å². The van der Waals surface area contributed by atoms with Crippen molar-refractivity contribution < 1.29 is 19.4 Å². The van der Waals surface area contributed by atoms with Gasteiger partial charge in [0, 0.05) is 11.6 Å². The zero-order valence-corrected chi connectivity index (χ0v) is 19.7. The lowest BCUT2D eigenvalue weighted by molar-refractivity contribution is -0.117. The van der Waals surface area contributed by atoms with Gasteiger partial charge in [0.25, 0.3) is 5.91 Å². The number of rotatable bonds is 10. The molecule has 174 valence electrons. The second-order valence-electron chi connectivity index (χ2n) is 7.89. The number of benzene rings is 2. The molecule has 0 bridgehead atoms. The first kappa shape index (κ1) is 23.4. The number of aliphatic hydroxyl groups is 1. The number of thiazole rings is 1. The summed E-state index contributed by atoms with van der Waals surface area (Å²) >= 11 is 1.27. The summed E-state index contributed by atoms with van der Waals surface area (Å²) in [5, 5.41) is 12.9. The monoisotopic (exact) mass is 474 g/mol. The molecule has 0 saturated heterocycles. The highest BCUT2D eigenvalue weighted by molar-refractivity contribution is 7.13. The Morgan fingerprint density at radius 2 is 2.00 bits per heavy atom. The number of carbonyl (C=O) groups excluding carboxylic acids is 2. The van der Waals surface area contributed by atoms with Gasteiger partial charge in [0.1, 0.15) is 5.75 Å². The molecule has 1 atom stereocenters. The van der Waals surface area contributed by atoms with Gasteiger partial charge in [-0.25, -0.2) is 4.98 Å². The second-order valence-corrected chi connectivity index (χ2v) is 8.76. The van der Waals surface area contributed by atoms with E-state index in [9.17, 15) is 14.7 Å². The van der Waals surface area contributed by atoms with Crippen LogP contribution in [0.15, 0.2) is 83.6 Å². The van der Waals surface area contributed by atoms with Gasteiger partial charge in [-0.15, -0.1) is 11.3 Å². The SMILES string of the molecule is CCCCCOc1cccc(C2C(C(=O)C=Cc3ccccc3)=C(O)C(=O)N2c2nccs2)c1. The van der Waals surface area contributed by atoms with Gasteiger partial charge < -0.3 is 9.84 Å². The fourth-order valence-electron chi connectivity index (χ4n) is 3.85. The van der Waals surface area contributed by atoms with E-state index in [-0.39, 0.29) is 5.57 Å². The Kier molecular flexibility index (Phi) is 7.54. The van der Waals surface area contributed by atoms with Crippen LogP contribution in [-0.2, 0) is 9.59 Å². The van der Waals surface area contributed by atoms with E-state index in [0.717, 1.165) is 24.8 Å². The van der Waals surface area contributed by atoms with Crippen molar-refractivity contribution in [3.05, 3.63) is 94.7 Å². The van der Waals surface area contributed by atoms with Crippen LogP contribution in [0.1, 0.15) is 43.4 Å². The molecule has 0 fully saturated rings. The fourth-order valence-corrected chi connectivity index (χ4v) is 4.51. The number of anilines is 1. The first-order valence-electron chi connectivity index (χ1n) is 11.3. The molecule has 2 heterocycles. The summed E-state index contributed by atoms with van der Waals surface area (Å²) in [6, 6.07) is 15.9. The molecule has 0 saturated carbocycles. The van der Waals surface area contributed by atoms with Gasteiger partial charge in [0.15, 0.2) is 16.7 Å². The maximum atomic E-state index is 13.3. The van der Waals surface area contributed by atoms with Gasteiger partial charge in [-0.2, -0.15) is 0 Å². The van der Waals surface area contributed by atoms with Crippen LogP contribution in [0.25, 0.3) is 6.08 Å². The molecule has 34 heavy (non-hydrogen) atoms. The number of amides is 1. The lowest BCUT2D eigenvalue weighted by Crippen LogP contribution is -2.30. The smallest absolute Gasteiger partial charge is 0.296 e. The zero-order chi connectivity index (χ0) is 23.9. The van der Waals surface area contributed by atoms with E-state index in [1.807, 2.05) is 54.6 Å². The average Bonchev–Trinajstić information content (AvgIpc) is 3.48. The number of ether oxygens (including phenoxy) is 1. The summed E-state index contributed by atoms with van der Waals surface area (Å²) in [6.07, 6.45) is 7.77. The van der Waals surface area contributed by atoms with Gasteiger partial charge in [0.05, 0.1) is 18.2 Å². The molecule has 0 spiro atoms. The normalized spacial score (nSPS) is 16.0. The van der Waals surface area contributed by atoms with Crippen LogP contribution < -0.4 is 9.64 Å². The van der Waals surface area contributed by atoms with E-state index in [2.05, 4.69) is 11.9 Å². The van der Waals surface area contributed by atoms with E-state index in [4.69, 9.17) is 4.74 Å². The molecule has 1 unspecified atom stereocenters. The summed E-state index contributed by atoms with van der Waals surface area (Å²) in [4.78, 5) is 32.0. The predicted octanol–water partition coefficient (Wildman–Crippen LogP) is 5.89. The first-order valence-corrected chi connectivity index (χ1v) is 12.1. The number of ketones is 1. The highest BCUT2D eigenvalue weighted by Gasteiger charge is 2.45. The van der Waals surface area contributed by atoms with Crippen molar-refractivity contribution in [1.29, 1.82) is 0 Å². The maximum Gasteiger partial charge on any atom is 0.296 e. The summed E-state index contributed by atoms with van der Waals surface area (Å²) in [5.41, 5.74) is 1.53. The summed E-state index contributed by atoms with van der Waals surface area (Å²) in [5.74, 6) is -0.992. The van der Waals surface area contributed by atoms with Crippen molar-refractivity contribution in [3.63, 3.8) is 0 Å². The van der Waals surface area contributed by atoms with Crippen molar-refractivity contribution in [2.24, 2.45) is 0 Å². The minimum atomic E-state index is -0.814. The quantitative estimate of drug-likeness (QED) is 0.293. The Morgan fingerprint density at radius 3 is 2.74 bits per heavy atom. The first-order chi connectivity index (χ1) is 16.6. The summed E-state index contributed by atoms with van der Waals surface area (Å²) in [6.45, 7) is 2.72. The Bertz CT molecular complexity index is 1200. The Balaban J connectivity index is 1.69. The number of allylic oxidation sites excluding steroid dienone is 1. The molecular weight excluding hydrogens is 448 g/mol. The van der Waals surface area contributed by atoms with Crippen LogP contribution in [0.3, 0.4) is 0 Å². The predicted molar refractivity (Wildman–Crippen MR) is 134 cm³/mol. The number of nitrogens with zero attached hydrogens (tertiary/aromatic N) is 2. The Morgan fingerprint density at radius 1 is 1.18 bits per heavy atom. The minimum Gasteiger partial charge on any atom is -0.503 e. The third-order valence-corrected chi connectivity index (χ3v) is 6.29. The molecule has 1 aromatic heterocycles. The molecule has 1 amide bonds. The number of hydrogen-bond acceptors (Lipinski definition) is 6. The fraction of sp³-hybridized carbons (Fsp3) is 0.222. The van der Waals surface area contributed by atoms with Crippen LogP contribution >= 0.6 is 11.3 Å². The third kappa shape index (κ3) is 5.10. The van der Waals surface area contributed by atoms with Gasteiger partial charge in [0.2, 0.25) is 0 Å². The third-order valence-electron chi connectivity index (χ3n) is 5.52. The van der Waals surface area contributed by atoms with E-state index in [0.29, 0.717) is 23.1 Å². The molecule has 6 nitrogen and oxygen atoms in total. The number of unbranched alkanes of at least 4 members (excludes halogenated alkanes) is 2. The molecule has 4 rings (SSSR count).